The average Bonchev–Trinajstić information content (AvgIpc) is 2.75. The number of rotatable bonds is 7. The molecule has 0 aliphatic carbocycles. The molecule has 10 heteroatoms. The van der Waals surface area contributed by atoms with Gasteiger partial charge in [-0.05, 0) is 52.1 Å². The van der Waals surface area contributed by atoms with Gasteiger partial charge in [-0.3, -0.25) is 4.31 Å². The van der Waals surface area contributed by atoms with E-state index in [0.29, 0.717) is 35.1 Å². The van der Waals surface area contributed by atoms with E-state index < -0.39 is 32.6 Å². The summed E-state index contributed by atoms with van der Waals surface area (Å²) in [7, 11) is 2.99. The molecule has 1 aromatic heterocycles. The highest BCUT2D eigenvalue weighted by Crippen LogP contribution is 2.38. The van der Waals surface area contributed by atoms with Crippen molar-refractivity contribution in [2.75, 3.05) is 18.5 Å². The second kappa shape index (κ2) is 9.57. The van der Waals surface area contributed by atoms with Crippen molar-refractivity contribution in [3.8, 4) is 11.5 Å². The molecule has 30 heavy (non-hydrogen) atoms. The molecule has 0 atom stereocenters. The highest BCUT2D eigenvalue weighted by Gasteiger charge is 2.23. The Labute approximate surface area is 183 Å². The van der Waals surface area contributed by atoms with Crippen LogP contribution in [0.2, 0.25) is 0 Å². The number of ether oxygens (including phenoxy) is 2. The Morgan fingerprint density at radius 1 is 1.00 bits per heavy atom. The molecular formula is C20H15BrF4N2O2S. The van der Waals surface area contributed by atoms with E-state index in [1.807, 2.05) is 0 Å². The molecule has 4 nitrogen and oxygen atoms in total. The fourth-order valence-corrected chi connectivity index (χ4v) is 3.95. The van der Waals surface area contributed by atoms with Gasteiger partial charge in [-0.1, -0.05) is 0 Å². The number of nitrogens with zero attached hydrogens (tertiary/aromatic N) is 2. The molecule has 2 aromatic carbocycles. The van der Waals surface area contributed by atoms with Crippen molar-refractivity contribution in [3.63, 3.8) is 0 Å². The molecular weight excluding hydrogens is 488 g/mol. The number of hydrogen-bond donors (Lipinski definition) is 0. The monoisotopic (exact) mass is 502 g/mol. The fraction of sp³-hybridized carbons (Fsp3) is 0.150. The third kappa shape index (κ3) is 4.81. The first-order chi connectivity index (χ1) is 14.3. The number of pyridine rings is 1. The minimum Gasteiger partial charge on any atom is -0.497 e. The van der Waals surface area contributed by atoms with Gasteiger partial charge in [0.05, 0.1) is 31.4 Å². The van der Waals surface area contributed by atoms with E-state index in [0.717, 1.165) is 6.20 Å². The van der Waals surface area contributed by atoms with Crippen molar-refractivity contribution in [1.29, 1.82) is 0 Å². The van der Waals surface area contributed by atoms with E-state index in [4.69, 9.17) is 9.47 Å². The van der Waals surface area contributed by atoms with Gasteiger partial charge in [0.25, 0.3) is 0 Å². The fourth-order valence-electron chi connectivity index (χ4n) is 2.56. The van der Waals surface area contributed by atoms with Crippen molar-refractivity contribution in [1.82, 2.24) is 4.98 Å². The molecule has 0 aliphatic heterocycles. The van der Waals surface area contributed by atoms with Crippen LogP contribution in [0.15, 0.2) is 52.0 Å². The van der Waals surface area contributed by atoms with Gasteiger partial charge < -0.3 is 9.47 Å². The van der Waals surface area contributed by atoms with Crippen LogP contribution in [0.4, 0.5) is 23.4 Å². The number of aromatic nitrogens is 1. The van der Waals surface area contributed by atoms with E-state index >= 15 is 0 Å². The average molecular weight is 503 g/mol. The lowest BCUT2D eigenvalue weighted by Crippen LogP contribution is -2.17. The van der Waals surface area contributed by atoms with Gasteiger partial charge in [0.15, 0.2) is 5.82 Å². The summed E-state index contributed by atoms with van der Waals surface area (Å²) in [6.07, 6.45) is 0.988. The molecule has 3 rings (SSSR count). The first-order valence-corrected chi connectivity index (χ1v) is 10.0. The molecule has 0 bridgehead atoms. The van der Waals surface area contributed by atoms with Gasteiger partial charge >= 0.3 is 0 Å². The Morgan fingerprint density at radius 2 is 1.77 bits per heavy atom. The standard InChI is InChI=1S/C20H15BrF4N2O2S/c1-28-13-5-3-11(16(7-13)29-2)10-27(17-6-4-12(22)9-26-17)30-20-15(24)8-14(23)18(21)19(20)25/h3-9H,10H2,1-2H3. The van der Waals surface area contributed by atoms with Crippen LogP contribution in [0.1, 0.15) is 5.56 Å². The second-order valence-electron chi connectivity index (χ2n) is 5.94. The lowest BCUT2D eigenvalue weighted by Gasteiger charge is -2.24. The van der Waals surface area contributed by atoms with Crippen LogP contribution in [-0.4, -0.2) is 19.2 Å². The van der Waals surface area contributed by atoms with Gasteiger partial charge in [-0.2, -0.15) is 0 Å². The first kappa shape index (κ1) is 22.2. The summed E-state index contributed by atoms with van der Waals surface area (Å²) >= 11 is 3.44. The van der Waals surface area contributed by atoms with Gasteiger partial charge in [-0.25, -0.2) is 22.5 Å². The van der Waals surface area contributed by atoms with Gasteiger partial charge in [-0.15, -0.1) is 0 Å². The molecule has 0 aliphatic rings. The van der Waals surface area contributed by atoms with Crippen LogP contribution in [-0.2, 0) is 6.54 Å². The highest BCUT2D eigenvalue weighted by molar-refractivity contribution is 9.10. The number of methoxy groups -OCH3 is 2. The van der Waals surface area contributed by atoms with Crippen LogP contribution in [0, 0.1) is 23.3 Å². The molecule has 0 saturated carbocycles. The van der Waals surface area contributed by atoms with Crippen LogP contribution in [0.3, 0.4) is 0 Å². The Morgan fingerprint density at radius 3 is 2.40 bits per heavy atom. The molecule has 3 aromatic rings. The zero-order valence-electron chi connectivity index (χ0n) is 15.8. The van der Waals surface area contributed by atoms with Gasteiger partial charge in [0.2, 0.25) is 0 Å². The van der Waals surface area contributed by atoms with E-state index in [2.05, 4.69) is 20.9 Å². The molecule has 0 spiro atoms. The maximum absolute atomic E-state index is 14.6. The Kier molecular flexibility index (Phi) is 7.09. The van der Waals surface area contributed by atoms with Crippen molar-refractivity contribution in [3.05, 3.63) is 75.9 Å². The Balaban J connectivity index is 2.03. The van der Waals surface area contributed by atoms with Crippen LogP contribution < -0.4 is 13.8 Å². The summed E-state index contributed by atoms with van der Waals surface area (Å²) in [5.41, 5.74) is 0.652. The summed E-state index contributed by atoms with van der Waals surface area (Å²) in [6, 6.07) is 8.21. The Hall–Kier alpha value is -2.46. The Bertz CT molecular complexity index is 1050. The molecule has 0 fully saturated rings. The smallest absolute Gasteiger partial charge is 0.158 e. The molecule has 0 saturated heterocycles. The minimum absolute atomic E-state index is 0.0876. The number of halogens is 5. The van der Waals surface area contributed by atoms with Crippen LogP contribution in [0.25, 0.3) is 0 Å². The summed E-state index contributed by atoms with van der Waals surface area (Å²) < 4.78 is 67.3. The van der Waals surface area contributed by atoms with E-state index in [1.54, 1.807) is 18.2 Å². The molecule has 158 valence electrons. The highest BCUT2D eigenvalue weighted by atomic mass is 79.9. The van der Waals surface area contributed by atoms with E-state index in [1.165, 1.54) is 30.7 Å². The van der Waals surface area contributed by atoms with Gasteiger partial charge in [0.1, 0.15) is 39.7 Å². The third-order valence-electron chi connectivity index (χ3n) is 4.05. The zero-order valence-corrected chi connectivity index (χ0v) is 18.2. The second-order valence-corrected chi connectivity index (χ2v) is 7.76. The van der Waals surface area contributed by atoms with Crippen molar-refractivity contribution < 1.29 is 27.0 Å². The summed E-state index contributed by atoms with van der Waals surface area (Å²) in [5, 5.41) is 0. The maximum Gasteiger partial charge on any atom is 0.158 e. The van der Waals surface area contributed by atoms with Gasteiger partial charge in [0, 0.05) is 17.7 Å². The largest absolute Gasteiger partial charge is 0.497 e. The number of benzene rings is 2. The topological polar surface area (TPSA) is 34.6 Å². The molecule has 0 amide bonds. The van der Waals surface area contributed by atoms with Crippen molar-refractivity contribution >= 4 is 33.7 Å². The maximum atomic E-state index is 14.6. The minimum atomic E-state index is -1.09. The van der Waals surface area contributed by atoms with Crippen LogP contribution in [0.5, 0.6) is 11.5 Å². The van der Waals surface area contributed by atoms with Crippen LogP contribution >= 0.6 is 27.9 Å². The lowest BCUT2D eigenvalue weighted by atomic mass is 10.2. The van der Waals surface area contributed by atoms with E-state index in [-0.39, 0.29) is 12.4 Å². The molecule has 0 unspecified atom stereocenters. The number of anilines is 1. The summed E-state index contributed by atoms with van der Waals surface area (Å²) in [6.45, 7) is 0.0876. The van der Waals surface area contributed by atoms with E-state index in [9.17, 15) is 17.6 Å². The third-order valence-corrected chi connectivity index (χ3v) is 5.87. The number of hydrogen-bond acceptors (Lipinski definition) is 5. The zero-order chi connectivity index (χ0) is 21.8. The normalized spacial score (nSPS) is 10.8. The molecule has 1 heterocycles. The molecule has 0 radical (unpaired) electrons. The van der Waals surface area contributed by atoms with Crippen molar-refractivity contribution in [2.45, 2.75) is 11.4 Å². The quantitative estimate of drug-likeness (QED) is 0.168. The molecule has 0 N–H and O–H groups in total. The van der Waals surface area contributed by atoms with Crippen molar-refractivity contribution in [2.24, 2.45) is 0 Å². The predicted molar refractivity (Wildman–Crippen MR) is 110 cm³/mol. The predicted octanol–water partition coefficient (Wildman–Crippen LogP) is 6.13. The first-order valence-electron chi connectivity index (χ1n) is 8.45. The summed E-state index contributed by atoms with van der Waals surface area (Å²) in [4.78, 5) is 3.55. The summed E-state index contributed by atoms with van der Waals surface area (Å²) in [5.74, 6) is -2.51. The lowest BCUT2D eigenvalue weighted by molar-refractivity contribution is 0.391. The SMILES string of the molecule is COc1ccc(CN(Sc2c(F)cc(F)c(Br)c2F)c2ccc(F)cn2)c(OC)c1.